The largest absolute Gasteiger partial charge is 0.504 e. The maximum atomic E-state index is 10.4. The minimum Gasteiger partial charge on any atom is -0.504 e. The molecule has 0 spiro atoms. The molecular formula is C10H11NO3. The maximum Gasteiger partial charge on any atom is 0.221 e. The summed E-state index contributed by atoms with van der Waals surface area (Å²) in [5.74, 6) is -0.771. The van der Waals surface area contributed by atoms with E-state index in [4.69, 9.17) is 15.9 Å². The van der Waals surface area contributed by atoms with E-state index in [1.807, 2.05) is 0 Å². The summed E-state index contributed by atoms with van der Waals surface area (Å²) in [7, 11) is 0. The molecule has 0 aliphatic carbocycles. The van der Waals surface area contributed by atoms with Gasteiger partial charge >= 0.3 is 0 Å². The first-order valence-electron chi connectivity index (χ1n) is 4.06. The predicted molar refractivity (Wildman–Crippen MR) is 52.6 cm³/mol. The van der Waals surface area contributed by atoms with Gasteiger partial charge in [-0.1, -0.05) is 18.2 Å². The maximum absolute atomic E-state index is 10.4. The van der Waals surface area contributed by atoms with E-state index in [0.29, 0.717) is 5.56 Å². The zero-order chi connectivity index (χ0) is 10.6. The summed E-state index contributed by atoms with van der Waals surface area (Å²) >= 11 is 0. The average Bonchev–Trinajstić information content (AvgIpc) is 2.10. The third kappa shape index (κ3) is 2.82. The van der Waals surface area contributed by atoms with Crippen LogP contribution in [0.1, 0.15) is 12.0 Å². The van der Waals surface area contributed by atoms with Gasteiger partial charge < -0.3 is 15.9 Å². The Labute approximate surface area is 81.3 Å². The van der Waals surface area contributed by atoms with E-state index in [1.165, 1.54) is 12.1 Å². The monoisotopic (exact) mass is 193 g/mol. The van der Waals surface area contributed by atoms with Gasteiger partial charge in [-0.25, -0.2) is 0 Å². The normalized spacial score (nSPS) is 10.6. The zero-order valence-corrected chi connectivity index (χ0v) is 7.47. The van der Waals surface area contributed by atoms with Crippen molar-refractivity contribution in [1.82, 2.24) is 0 Å². The molecular weight excluding hydrogens is 182 g/mol. The van der Waals surface area contributed by atoms with E-state index >= 15 is 0 Å². The number of hydrogen-bond acceptors (Lipinski definition) is 3. The summed E-state index contributed by atoms with van der Waals surface area (Å²) in [5.41, 5.74) is 5.63. The van der Waals surface area contributed by atoms with Crippen LogP contribution in [0.3, 0.4) is 0 Å². The van der Waals surface area contributed by atoms with Crippen molar-refractivity contribution in [3.8, 4) is 11.5 Å². The molecule has 1 amide bonds. The fourth-order valence-electron chi connectivity index (χ4n) is 0.955. The van der Waals surface area contributed by atoms with E-state index < -0.39 is 5.91 Å². The Kier molecular flexibility index (Phi) is 3.12. The Hall–Kier alpha value is -1.97. The molecule has 0 bridgehead atoms. The molecule has 4 heteroatoms. The quantitative estimate of drug-likeness (QED) is 0.626. The molecule has 0 atom stereocenters. The third-order valence-electron chi connectivity index (χ3n) is 1.63. The van der Waals surface area contributed by atoms with Crippen molar-refractivity contribution in [2.75, 3.05) is 0 Å². The van der Waals surface area contributed by atoms with Crippen LogP contribution in [0.15, 0.2) is 24.3 Å². The molecule has 4 nitrogen and oxygen atoms in total. The number of aromatic hydroxyl groups is 2. The van der Waals surface area contributed by atoms with Crippen LogP contribution in [-0.4, -0.2) is 16.1 Å². The molecule has 0 aliphatic heterocycles. The molecule has 1 aromatic carbocycles. The smallest absolute Gasteiger partial charge is 0.221 e. The second-order valence-corrected chi connectivity index (χ2v) is 2.82. The molecule has 14 heavy (non-hydrogen) atoms. The SMILES string of the molecule is NC(=O)CC=Cc1ccc(O)c(O)c1. The van der Waals surface area contributed by atoms with Gasteiger partial charge in [0.25, 0.3) is 0 Å². The van der Waals surface area contributed by atoms with Crippen LogP contribution in [0.2, 0.25) is 0 Å². The number of carbonyl (C=O) groups is 1. The van der Waals surface area contributed by atoms with Crippen LogP contribution in [0.25, 0.3) is 6.08 Å². The van der Waals surface area contributed by atoms with Gasteiger partial charge in [-0.3, -0.25) is 4.79 Å². The summed E-state index contributed by atoms with van der Waals surface area (Å²) in [5, 5.41) is 18.1. The molecule has 0 aromatic heterocycles. The number of hydrogen-bond donors (Lipinski definition) is 3. The van der Waals surface area contributed by atoms with Crippen LogP contribution in [-0.2, 0) is 4.79 Å². The highest BCUT2D eigenvalue weighted by Crippen LogP contribution is 2.25. The molecule has 0 heterocycles. The van der Waals surface area contributed by atoms with Crippen LogP contribution < -0.4 is 5.73 Å². The van der Waals surface area contributed by atoms with Crippen LogP contribution in [0, 0.1) is 0 Å². The molecule has 0 fully saturated rings. The molecule has 0 radical (unpaired) electrons. The number of rotatable bonds is 3. The first-order valence-corrected chi connectivity index (χ1v) is 4.06. The second kappa shape index (κ2) is 4.32. The van der Waals surface area contributed by atoms with E-state index in [1.54, 1.807) is 18.2 Å². The Bertz CT molecular complexity index is 372. The van der Waals surface area contributed by atoms with Gasteiger partial charge in [0.05, 0.1) is 0 Å². The standard InChI is InChI=1S/C10H11NO3/c11-10(14)3-1-2-7-4-5-8(12)9(13)6-7/h1-2,4-6,12-13H,3H2,(H2,11,14). The van der Waals surface area contributed by atoms with Crippen LogP contribution >= 0.6 is 0 Å². The Morgan fingerprint density at radius 3 is 2.64 bits per heavy atom. The molecule has 0 aliphatic rings. The fraction of sp³-hybridized carbons (Fsp3) is 0.100. The number of nitrogens with two attached hydrogens (primary N) is 1. The lowest BCUT2D eigenvalue weighted by atomic mass is 10.2. The molecule has 0 saturated carbocycles. The first-order chi connectivity index (χ1) is 6.59. The molecule has 4 N–H and O–H groups in total. The third-order valence-corrected chi connectivity index (χ3v) is 1.63. The number of phenols is 2. The molecule has 0 saturated heterocycles. The van der Waals surface area contributed by atoms with Gasteiger partial charge in [-0.2, -0.15) is 0 Å². The topological polar surface area (TPSA) is 83.6 Å². The summed E-state index contributed by atoms with van der Waals surface area (Å²) in [6, 6.07) is 4.39. The average molecular weight is 193 g/mol. The number of benzene rings is 1. The first kappa shape index (κ1) is 10.1. The van der Waals surface area contributed by atoms with Gasteiger partial charge in [0.15, 0.2) is 11.5 Å². The van der Waals surface area contributed by atoms with E-state index in [2.05, 4.69) is 0 Å². The number of carbonyl (C=O) groups excluding carboxylic acids is 1. The number of phenolic OH excluding ortho intramolecular Hbond substituents is 2. The van der Waals surface area contributed by atoms with Gasteiger partial charge in [-0.15, -0.1) is 0 Å². The van der Waals surface area contributed by atoms with Gasteiger partial charge in [0, 0.05) is 6.42 Å². The van der Waals surface area contributed by atoms with Crippen LogP contribution in [0.5, 0.6) is 11.5 Å². The van der Waals surface area contributed by atoms with Crippen molar-refractivity contribution in [2.24, 2.45) is 5.73 Å². The Balaban J connectivity index is 2.73. The molecule has 74 valence electrons. The van der Waals surface area contributed by atoms with Crippen molar-refractivity contribution >= 4 is 12.0 Å². The van der Waals surface area contributed by atoms with Gasteiger partial charge in [0.2, 0.25) is 5.91 Å². The fourth-order valence-corrected chi connectivity index (χ4v) is 0.955. The van der Waals surface area contributed by atoms with Crippen molar-refractivity contribution < 1.29 is 15.0 Å². The van der Waals surface area contributed by atoms with E-state index in [-0.39, 0.29) is 17.9 Å². The Morgan fingerprint density at radius 1 is 1.36 bits per heavy atom. The van der Waals surface area contributed by atoms with Gasteiger partial charge in [0.1, 0.15) is 0 Å². The summed E-state index contributed by atoms with van der Waals surface area (Å²) in [6.07, 6.45) is 3.39. The lowest BCUT2D eigenvalue weighted by Gasteiger charge is -1.97. The lowest BCUT2D eigenvalue weighted by Crippen LogP contribution is -2.07. The summed E-state index contributed by atoms with van der Waals surface area (Å²) < 4.78 is 0. The van der Waals surface area contributed by atoms with Crippen molar-refractivity contribution in [1.29, 1.82) is 0 Å². The summed E-state index contributed by atoms with van der Waals surface area (Å²) in [4.78, 5) is 10.4. The highest BCUT2D eigenvalue weighted by molar-refractivity contribution is 5.76. The van der Waals surface area contributed by atoms with E-state index in [0.717, 1.165) is 0 Å². The number of amides is 1. The Morgan fingerprint density at radius 2 is 2.07 bits per heavy atom. The molecule has 1 aromatic rings. The zero-order valence-electron chi connectivity index (χ0n) is 7.47. The minimum atomic E-state index is -0.413. The summed E-state index contributed by atoms with van der Waals surface area (Å²) in [6.45, 7) is 0. The molecule has 0 unspecified atom stereocenters. The highest BCUT2D eigenvalue weighted by atomic mass is 16.3. The minimum absolute atomic E-state index is 0.154. The highest BCUT2D eigenvalue weighted by Gasteiger charge is 1.97. The van der Waals surface area contributed by atoms with Crippen molar-refractivity contribution in [2.45, 2.75) is 6.42 Å². The lowest BCUT2D eigenvalue weighted by molar-refractivity contribution is -0.117. The predicted octanol–water partition coefficient (Wildman–Crippen LogP) is 0.986. The molecule has 1 rings (SSSR count). The second-order valence-electron chi connectivity index (χ2n) is 2.82. The number of primary amides is 1. The van der Waals surface area contributed by atoms with Crippen LogP contribution in [0.4, 0.5) is 0 Å². The van der Waals surface area contributed by atoms with Crippen molar-refractivity contribution in [3.05, 3.63) is 29.8 Å². The van der Waals surface area contributed by atoms with E-state index in [9.17, 15) is 4.79 Å². The van der Waals surface area contributed by atoms with Gasteiger partial charge in [-0.05, 0) is 17.7 Å². The van der Waals surface area contributed by atoms with Crippen molar-refractivity contribution in [3.63, 3.8) is 0 Å².